The lowest BCUT2D eigenvalue weighted by Crippen LogP contribution is -2.45. The summed E-state index contributed by atoms with van der Waals surface area (Å²) in [4.78, 5) is 2.41. The second-order valence-corrected chi connectivity index (χ2v) is 4.30. The molecule has 1 atom stereocenters. The van der Waals surface area contributed by atoms with Crippen molar-refractivity contribution in [2.24, 2.45) is 0 Å². The molecule has 2 rings (SSSR count). The molecule has 2 saturated heterocycles. The van der Waals surface area contributed by atoms with Gasteiger partial charge in [0.05, 0.1) is 6.61 Å². The molecule has 0 spiro atoms. The first kappa shape index (κ1) is 16.9. The van der Waals surface area contributed by atoms with Crippen molar-refractivity contribution < 1.29 is 4.74 Å². The molecule has 0 radical (unpaired) electrons. The Bertz CT molecular complexity index is 150. The molecule has 2 fully saturated rings. The summed E-state index contributed by atoms with van der Waals surface area (Å²) >= 11 is 0. The standard InChI is InChI=1S/C10H20N2O.2C2H6/c1-12-5-2-9(3-6-12)11-10-4-7-13-8-10;2*1-2/h9-11H,2-8H2,1H3;2*1-2H3. The maximum absolute atomic E-state index is 5.35. The van der Waals surface area contributed by atoms with Crippen molar-refractivity contribution in [2.45, 2.75) is 59.0 Å². The van der Waals surface area contributed by atoms with Gasteiger partial charge in [-0.05, 0) is 39.4 Å². The molecule has 3 nitrogen and oxygen atoms in total. The van der Waals surface area contributed by atoms with E-state index in [9.17, 15) is 0 Å². The van der Waals surface area contributed by atoms with E-state index < -0.39 is 0 Å². The first-order chi connectivity index (χ1) is 8.34. The van der Waals surface area contributed by atoms with Gasteiger partial charge in [0.15, 0.2) is 0 Å². The van der Waals surface area contributed by atoms with Gasteiger partial charge in [-0.25, -0.2) is 0 Å². The van der Waals surface area contributed by atoms with E-state index in [0.717, 1.165) is 19.3 Å². The van der Waals surface area contributed by atoms with E-state index in [4.69, 9.17) is 4.74 Å². The minimum Gasteiger partial charge on any atom is -0.380 e. The van der Waals surface area contributed by atoms with Gasteiger partial charge >= 0.3 is 0 Å². The van der Waals surface area contributed by atoms with Crippen LogP contribution in [0.5, 0.6) is 0 Å². The molecule has 0 bridgehead atoms. The highest BCUT2D eigenvalue weighted by Crippen LogP contribution is 2.12. The fourth-order valence-electron chi connectivity index (χ4n) is 2.17. The Morgan fingerprint density at radius 2 is 1.53 bits per heavy atom. The van der Waals surface area contributed by atoms with Gasteiger partial charge in [0, 0.05) is 18.7 Å². The Morgan fingerprint density at radius 1 is 0.941 bits per heavy atom. The van der Waals surface area contributed by atoms with Crippen LogP contribution in [0, 0.1) is 0 Å². The highest BCUT2D eigenvalue weighted by molar-refractivity contribution is 4.81. The number of likely N-dealkylation sites (tertiary alicyclic amines) is 1. The van der Waals surface area contributed by atoms with Crippen LogP contribution in [0.25, 0.3) is 0 Å². The lowest BCUT2D eigenvalue weighted by molar-refractivity contribution is 0.179. The maximum Gasteiger partial charge on any atom is 0.0620 e. The van der Waals surface area contributed by atoms with Gasteiger partial charge in [-0.1, -0.05) is 27.7 Å². The van der Waals surface area contributed by atoms with E-state index in [1.807, 2.05) is 27.7 Å². The highest BCUT2D eigenvalue weighted by Gasteiger charge is 2.22. The van der Waals surface area contributed by atoms with Gasteiger partial charge in [-0.3, -0.25) is 0 Å². The first-order valence-corrected chi connectivity index (χ1v) is 7.37. The van der Waals surface area contributed by atoms with Crippen molar-refractivity contribution in [3.8, 4) is 0 Å². The highest BCUT2D eigenvalue weighted by atomic mass is 16.5. The van der Waals surface area contributed by atoms with E-state index >= 15 is 0 Å². The summed E-state index contributed by atoms with van der Waals surface area (Å²) in [6.45, 7) is 12.4. The molecule has 104 valence electrons. The quantitative estimate of drug-likeness (QED) is 0.808. The van der Waals surface area contributed by atoms with Crippen molar-refractivity contribution in [2.75, 3.05) is 33.4 Å². The second-order valence-electron chi connectivity index (χ2n) is 4.30. The molecule has 0 aromatic heterocycles. The third-order valence-corrected chi connectivity index (χ3v) is 3.12. The SMILES string of the molecule is CC.CC.CN1CCC(NC2CCOC2)CC1. The van der Waals surface area contributed by atoms with Crippen molar-refractivity contribution in [1.82, 2.24) is 10.2 Å². The lowest BCUT2D eigenvalue weighted by Gasteiger charge is -2.31. The van der Waals surface area contributed by atoms with Gasteiger partial charge < -0.3 is 15.0 Å². The number of ether oxygens (including phenoxy) is 1. The Hall–Kier alpha value is -0.120. The largest absolute Gasteiger partial charge is 0.380 e. The van der Waals surface area contributed by atoms with Crippen LogP contribution in [0.3, 0.4) is 0 Å². The average molecular weight is 244 g/mol. The smallest absolute Gasteiger partial charge is 0.0620 e. The van der Waals surface area contributed by atoms with E-state index in [2.05, 4.69) is 17.3 Å². The summed E-state index contributed by atoms with van der Waals surface area (Å²) in [5, 5.41) is 3.69. The normalized spacial score (nSPS) is 25.6. The molecule has 2 heterocycles. The Morgan fingerprint density at radius 3 is 2.00 bits per heavy atom. The molecular weight excluding hydrogens is 212 g/mol. The Labute approximate surface area is 108 Å². The molecule has 0 amide bonds. The van der Waals surface area contributed by atoms with Crippen molar-refractivity contribution >= 4 is 0 Å². The van der Waals surface area contributed by atoms with E-state index in [-0.39, 0.29) is 0 Å². The monoisotopic (exact) mass is 244 g/mol. The molecule has 1 unspecified atom stereocenters. The molecule has 0 aromatic rings. The Kier molecular flexibility index (Phi) is 10.9. The number of hydrogen-bond donors (Lipinski definition) is 1. The van der Waals surface area contributed by atoms with Crippen molar-refractivity contribution in [3.63, 3.8) is 0 Å². The van der Waals surface area contributed by atoms with Gasteiger partial charge in [0.1, 0.15) is 0 Å². The topological polar surface area (TPSA) is 24.5 Å². The Balaban J connectivity index is 0.000000581. The molecule has 0 aliphatic carbocycles. The van der Waals surface area contributed by atoms with Crippen LogP contribution in [0.2, 0.25) is 0 Å². The molecule has 17 heavy (non-hydrogen) atoms. The van der Waals surface area contributed by atoms with Crippen LogP contribution in [0.15, 0.2) is 0 Å². The zero-order valence-corrected chi connectivity index (χ0v) is 12.5. The summed E-state index contributed by atoms with van der Waals surface area (Å²) in [7, 11) is 2.20. The minimum absolute atomic E-state index is 0.633. The van der Waals surface area contributed by atoms with Crippen molar-refractivity contribution in [3.05, 3.63) is 0 Å². The second kappa shape index (κ2) is 11.0. The molecule has 0 aromatic carbocycles. The molecule has 2 aliphatic rings. The zero-order valence-electron chi connectivity index (χ0n) is 12.5. The number of rotatable bonds is 2. The van der Waals surface area contributed by atoms with Crippen LogP contribution < -0.4 is 5.32 Å². The molecule has 1 N–H and O–H groups in total. The number of piperidine rings is 1. The number of nitrogens with zero attached hydrogens (tertiary/aromatic N) is 1. The lowest BCUT2D eigenvalue weighted by atomic mass is 10.0. The fraction of sp³-hybridized carbons (Fsp3) is 1.00. The summed E-state index contributed by atoms with van der Waals surface area (Å²) in [6.07, 6.45) is 3.80. The van der Waals surface area contributed by atoms with Crippen LogP contribution in [-0.4, -0.2) is 50.3 Å². The zero-order chi connectivity index (χ0) is 13.1. The summed E-state index contributed by atoms with van der Waals surface area (Å²) in [5.41, 5.74) is 0. The summed E-state index contributed by atoms with van der Waals surface area (Å²) in [6, 6.07) is 1.37. The minimum atomic E-state index is 0.633. The van der Waals surface area contributed by atoms with Crippen LogP contribution >= 0.6 is 0 Å². The van der Waals surface area contributed by atoms with Gasteiger partial charge in [0.25, 0.3) is 0 Å². The third-order valence-electron chi connectivity index (χ3n) is 3.12. The van der Waals surface area contributed by atoms with E-state index in [1.165, 1.54) is 32.4 Å². The van der Waals surface area contributed by atoms with Crippen LogP contribution in [0.4, 0.5) is 0 Å². The first-order valence-electron chi connectivity index (χ1n) is 7.37. The van der Waals surface area contributed by atoms with E-state index in [0.29, 0.717) is 6.04 Å². The predicted molar refractivity (Wildman–Crippen MR) is 75.6 cm³/mol. The molecule has 0 saturated carbocycles. The predicted octanol–water partition coefficient (Wildman–Crippen LogP) is 2.51. The van der Waals surface area contributed by atoms with Gasteiger partial charge in [-0.2, -0.15) is 0 Å². The summed E-state index contributed by atoms with van der Waals surface area (Å²) in [5.74, 6) is 0. The molecule has 3 heteroatoms. The fourth-order valence-corrected chi connectivity index (χ4v) is 2.17. The maximum atomic E-state index is 5.35. The van der Waals surface area contributed by atoms with Gasteiger partial charge in [-0.15, -0.1) is 0 Å². The third kappa shape index (κ3) is 7.02. The number of hydrogen-bond acceptors (Lipinski definition) is 3. The van der Waals surface area contributed by atoms with Crippen molar-refractivity contribution in [1.29, 1.82) is 0 Å². The number of nitrogens with one attached hydrogen (secondary N) is 1. The average Bonchev–Trinajstić information content (AvgIpc) is 2.90. The molecule has 2 aliphatic heterocycles. The van der Waals surface area contributed by atoms with Crippen LogP contribution in [-0.2, 0) is 4.74 Å². The van der Waals surface area contributed by atoms with E-state index in [1.54, 1.807) is 0 Å². The van der Waals surface area contributed by atoms with Crippen LogP contribution in [0.1, 0.15) is 47.0 Å². The molecular formula is C14H32N2O. The van der Waals surface area contributed by atoms with Gasteiger partial charge in [0.2, 0.25) is 0 Å². The summed E-state index contributed by atoms with van der Waals surface area (Å²) < 4.78 is 5.35.